The number of hydrogen-bond acceptors (Lipinski definition) is 3. The molecule has 1 atom stereocenters. The van der Waals surface area contributed by atoms with Crippen LogP contribution in [-0.2, 0) is 6.54 Å². The number of nitrogens with one attached hydrogen (secondary N) is 2. The first-order chi connectivity index (χ1) is 14.4. The number of carbonyl (C=O) groups is 1. The Kier molecular flexibility index (Phi) is 12.0. The number of ether oxygens (including phenoxy) is 1. The number of guanidine groups is 1. The smallest absolute Gasteiger partial charge is 0.253 e. The van der Waals surface area contributed by atoms with Crippen LogP contribution in [0.3, 0.4) is 0 Å². The van der Waals surface area contributed by atoms with Crippen molar-refractivity contribution in [2.75, 3.05) is 34.3 Å². The highest BCUT2D eigenvalue weighted by atomic mass is 127. The Balaban J connectivity index is 0.00000480. The Bertz CT molecular complexity index is 820. The first kappa shape index (κ1) is 26.7. The molecule has 0 bridgehead atoms. The predicted octanol–water partition coefficient (Wildman–Crippen LogP) is 4.26. The van der Waals surface area contributed by atoms with Gasteiger partial charge in [-0.2, -0.15) is 0 Å². The number of amides is 1. The van der Waals surface area contributed by atoms with Gasteiger partial charge in [0.25, 0.3) is 5.91 Å². The minimum atomic E-state index is 0. The predicted molar refractivity (Wildman–Crippen MR) is 139 cm³/mol. The Morgan fingerprint density at radius 2 is 1.71 bits per heavy atom. The minimum absolute atomic E-state index is 0. The summed E-state index contributed by atoms with van der Waals surface area (Å²) in [7, 11) is 5.19. The van der Waals surface area contributed by atoms with Crippen LogP contribution in [0.4, 0.5) is 0 Å². The number of carbonyl (C=O) groups excluding carboxylic acids is 1. The maximum atomic E-state index is 12.0. The Morgan fingerprint density at radius 3 is 2.26 bits per heavy atom. The lowest BCUT2D eigenvalue weighted by Crippen LogP contribution is -2.38. The minimum Gasteiger partial charge on any atom is -0.497 e. The molecular formula is C24H35IN4O2. The monoisotopic (exact) mass is 538 g/mol. The van der Waals surface area contributed by atoms with Crippen LogP contribution in [-0.4, -0.2) is 51.1 Å². The lowest BCUT2D eigenvalue weighted by atomic mass is 9.98. The van der Waals surface area contributed by atoms with E-state index in [1.807, 2.05) is 36.4 Å². The summed E-state index contributed by atoms with van der Waals surface area (Å²) < 4.78 is 5.23. The third-order valence-corrected chi connectivity index (χ3v) is 4.93. The summed E-state index contributed by atoms with van der Waals surface area (Å²) in [5.41, 5.74) is 3.05. The lowest BCUT2D eigenvalue weighted by molar-refractivity contribution is 0.0827. The maximum absolute atomic E-state index is 12.0. The summed E-state index contributed by atoms with van der Waals surface area (Å²) in [5, 5.41) is 6.70. The molecule has 2 rings (SSSR count). The third-order valence-electron chi connectivity index (χ3n) is 4.93. The Hall–Kier alpha value is -2.29. The first-order valence-electron chi connectivity index (χ1n) is 10.4. The fraction of sp³-hybridized carbons (Fsp3) is 0.417. The second-order valence-electron chi connectivity index (χ2n) is 7.48. The van der Waals surface area contributed by atoms with Crippen molar-refractivity contribution in [2.24, 2.45) is 4.99 Å². The molecule has 1 amide bonds. The van der Waals surface area contributed by atoms with Crippen molar-refractivity contribution in [3.05, 3.63) is 65.2 Å². The van der Waals surface area contributed by atoms with Gasteiger partial charge in [0, 0.05) is 32.7 Å². The fourth-order valence-corrected chi connectivity index (χ4v) is 3.03. The molecule has 2 N–H and O–H groups in total. The molecule has 0 spiro atoms. The van der Waals surface area contributed by atoms with Crippen molar-refractivity contribution in [1.29, 1.82) is 0 Å². The molecule has 7 heteroatoms. The van der Waals surface area contributed by atoms with Gasteiger partial charge in [0.1, 0.15) is 5.75 Å². The van der Waals surface area contributed by atoms with Gasteiger partial charge >= 0.3 is 0 Å². The molecule has 0 heterocycles. The van der Waals surface area contributed by atoms with E-state index < -0.39 is 0 Å². The SMILES string of the molecule is CCNC(=NCc1ccc(C(=O)N(C)C)cc1)NCCC(C)c1ccc(OC)cc1.I. The summed E-state index contributed by atoms with van der Waals surface area (Å²) in [6.07, 6.45) is 0.998. The number of aliphatic imine (C=N–C) groups is 1. The van der Waals surface area contributed by atoms with Crippen molar-refractivity contribution in [3.8, 4) is 5.75 Å². The molecular weight excluding hydrogens is 503 g/mol. The highest BCUT2D eigenvalue weighted by molar-refractivity contribution is 14.0. The van der Waals surface area contributed by atoms with Gasteiger partial charge in [-0.3, -0.25) is 4.79 Å². The first-order valence-corrected chi connectivity index (χ1v) is 10.4. The zero-order valence-electron chi connectivity index (χ0n) is 19.1. The highest BCUT2D eigenvalue weighted by Crippen LogP contribution is 2.21. The van der Waals surface area contributed by atoms with Crippen LogP contribution in [0.1, 0.15) is 47.7 Å². The van der Waals surface area contributed by atoms with E-state index in [4.69, 9.17) is 4.74 Å². The van der Waals surface area contributed by atoms with Crippen molar-refractivity contribution in [2.45, 2.75) is 32.7 Å². The molecule has 0 aromatic heterocycles. The van der Waals surface area contributed by atoms with E-state index in [2.05, 4.69) is 41.6 Å². The maximum Gasteiger partial charge on any atom is 0.253 e. The Labute approximate surface area is 203 Å². The van der Waals surface area contributed by atoms with Gasteiger partial charge in [0.05, 0.1) is 13.7 Å². The topological polar surface area (TPSA) is 66.0 Å². The van der Waals surface area contributed by atoms with E-state index in [0.717, 1.165) is 36.8 Å². The summed E-state index contributed by atoms with van der Waals surface area (Å²) >= 11 is 0. The average molecular weight is 538 g/mol. The van der Waals surface area contributed by atoms with Gasteiger partial charge in [-0.25, -0.2) is 4.99 Å². The van der Waals surface area contributed by atoms with E-state index >= 15 is 0 Å². The van der Waals surface area contributed by atoms with E-state index in [0.29, 0.717) is 18.0 Å². The fourth-order valence-electron chi connectivity index (χ4n) is 3.03. The van der Waals surface area contributed by atoms with E-state index in [1.54, 1.807) is 26.1 Å². The average Bonchev–Trinajstić information content (AvgIpc) is 2.77. The van der Waals surface area contributed by atoms with E-state index in [1.165, 1.54) is 5.56 Å². The molecule has 2 aromatic rings. The van der Waals surface area contributed by atoms with E-state index in [9.17, 15) is 4.79 Å². The molecule has 2 aromatic carbocycles. The molecule has 6 nitrogen and oxygen atoms in total. The largest absolute Gasteiger partial charge is 0.497 e. The quantitative estimate of drug-likeness (QED) is 0.285. The number of hydrogen-bond donors (Lipinski definition) is 2. The molecule has 0 aliphatic carbocycles. The van der Waals surface area contributed by atoms with Crippen LogP contribution >= 0.6 is 24.0 Å². The number of halogens is 1. The molecule has 0 fully saturated rings. The van der Waals surface area contributed by atoms with E-state index in [-0.39, 0.29) is 29.9 Å². The summed E-state index contributed by atoms with van der Waals surface area (Å²) in [4.78, 5) is 18.2. The molecule has 31 heavy (non-hydrogen) atoms. The Morgan fingerprint density at radius 1 is 1.06 bits per heavy atom. The second-order valence-corrected chi connectivity index (χ2v) is 7.48. The third kappa shape index (κ3) is 8.77. The number of methoxy groups -OCH3 is 1. The van der Waals surface area contributed by atoms with Gasteiger partial charge in [-0.1, -0.05) is 31.2 Å². The summed E-state index contributed by atoms with van der Waals surface area (Å²) in [6.45, 7) is 6.47. The second kappa shape index (κ2) is 13.9. The van der Waals surface area contributed by atoms with Gasteiger partial charge in [-0.05, 0) is 54.7 Å². The van der Waals surface area contributed by atoms with Gasteiger partial charge in [0.2, 0.25) is 0 Å². The molecule has 1 unspecified atom stereocenters. The zero-order chi connectivity index (χ0) is 21.9. The molecule has 0 saturated carbocycles. The molecule has 0 saturated heterocycles. The normalized spacial score (nSPS) is 11.8. The van der Waals surface area contributed by atoms with Crippen molar-refractivity contribution >= 4 is 35.8 Å². The van der Waals surface area contributed by atoms with Gasteiger partial charge in [0.15, 0.2) is 5.96 Å². The van der Waals surface area contributed by atoms with Crippen LogP contribution in [0, 0.1) is 0 Å². The number of benzene rings is 2. The van der Waals surface area contributed by atoms with Gasteiger partial charge < -0.3 is 20.3 Å². The number of rotatable bonds is 9. The van der Waals surface area contributed by atoms with Crippen molar-refractivity contribution < 1.29 is 9.53 Å². The van der Waals surface area contributed by atoms with Gasteiger partial charge in [-0.15, -0.1) is 24.0 Å². The molecule has 0 aliphatic rings. The summed E-state index contributed by atoms with van der Waals surface area (Å²) in [6, 6.07) is 15.9. The molecule has 0 aliphatic heterocycles. The zero-order valence-corrected chi connectivity index (χ0v) is 21.5. The van der Waals surface area contributed by atoms with Crippen molar-refractivity contribution in [1.82, 2.24) is 15.5 Å². The standard InChI is InChI=1S/C24H34N4O2.HI/c1-6-25-24(26-16-15-18(2)20-11-13-22(30-5)14-12-20)27-17-19-7-9-21(10-8-19)23(29)28(3)4;/h7-14,18H,6,15-17H2,1-5H3,(H2,25,26,27);1H. The van der Waals surface area contributed by atoms with Crippen LogP contribution in [0.2, 0.25) is 0 Å². The van der Waals surface area contributed by atoms with Crippen LogP contribution < -0.4 is 15.4 Å². The van der Waals surface area contributed by atoms with Crippen LogP contribution in [0.5, 0.6) is 5.75 Å². The lowest BCUT2D eigenvalue weighted by Gasteiger charge is -2.15. The van der Waals surface area contributed by atoms with Crippen LogP contribution in [0.15, 0.2) is 53.5 Å². The van der Waals surface area contributed by atoms with Crippen molar-refractivity contribution in [3.63, 3.8) is 0 Å². The number of nitrogens with zero attached hydrogens (tertiary/aromatic N) is 2. The highest BCUT2D eigenvalue weighted by Gasteiger charge is 2.08. The summed E-state index contributed by atoms with van der Waals surface area (Å²) in [5.74, 6) is 2.12. The van der Waals surface area contributed by atoms with Crippen LogP contribution in [0.25, 0.3) is 0 Å². The molecule has 0 radical (unpaired) electrons. The molecule has 170 valence electrons.